The van der Waals surface area contributed by atoms with Crippen molar-refractivity contribution in [1.82, 2.24) is 0 Å². The predicted octanol–water partition coefficient (Wildman–Crippen LogP) is -0.00521. The van der Waals surface area contributed by atoms with Gasteiger partial charge in [0, 0.05) is 13.2 Å². The molecule has 1 radical (unpaired) electrons. The summed E-state index contributed by atoms with van der Waals surface area (Å²) >= 11 is 0. The molecule has 0 spiro atoms. The lowest BCUT2D eigenvalue weighted by atomic mass is 10.9. The quantitative estimate of drug-likeness (QED) is 0.397. The summed E-state index contributed by atoms with van der Waals surface area (Å²) in [5, 5.41) is 0. The Kier molecular flexibility index (Phi) is 14.7. The highest BCUT2D eigenvalue weighted by Crippen LogP contribution is 1.81. The van der Waals surface area contributed by atoms with Gasteiger partial charge in [-0.05, 0) is 13.8 Å². The van der Waals surface area contributed by atoms with Crippen molar-refractivity contribution in [2.75, 3.05) is 13.2 Å². The molecular formula is C5H14AlO2. The first-order valence-electron chi connectivity index (χ1n) is 2.46. The molecule has 0 N–H and O–H groups in total. The van der Waals surface area contributed by atoms with Crippen LogP contribution in [0, 0.1) is 6.79 Å². The molecule has 0 heterocycles. The predicted molar refractivity (Wildman–Crippen MR) is 37.5 cm³/mol. The summed E-state index contributed by atoms with van der Waals surface area (Å²) in [6, 6.07) is 0. The highest BCUT2D eigenvalue weighted by atomic mass is 27.0. The van der Waals surface area contributed by atoms with Crippen LogP contribution < -0.4 is 0 Å². The lowest BCUT2D eigenvalue weighted by Gasteiger charge is -1.95. The van der Waals surface area contributed by atoms with Gasteiger partial charge in [-0.3, -0.25) is 0 Å². The maximum Gasteiger partial charge on any atom is 0.209 e. The van der Waals surface area contributed by atoms with Gasteiger partial charge < -0.3 is 9.47 Å². The fourth-order valence-electron chi connectivity index (χ4n) is 0.184. The maximum atomic E-state index is 4.73. The van der Waals surface area contributed by atoms with Gasteiger partial charge in [0.05, 0.1) is 0 Å². The Labute approximate surface area is 61.3 Å². The first kappa shape index (κ1) is 11.3. The second-order valence-electron chi connectivity index (χ2n) is 1.01. The summed E-state index contributed by atoms with van der Waals surface area (Å²) in [5.74, 6) is 0. The number of ether oxygens (including phenoxy) is 2. The Hall–Kier alpha value is 0.452. The standard InChI is InChI=1S/C5H11O2.Al.3H/c1-3-6-5-7-4-2;;;;/h5H,3-4H2,1-2H3;;;;. The summed E-state index contributed by atoms with van der Waals surface area (Å²) in [6.45, 7) is 6.55. The number of rotatable bonds is 4. The first-order chi connectivity index (χ1) is 3.41. The van der Waals surface area contributed by atoms with Crippen LogP contribution in [0.15, 0.2) is 0 Å². The van der Waals surface area contributed by atoms with Gasteiger partial charge in [0.25, 0.3) is 0 Å². The van der Waals surface area contributed by atoms with Crippen molar-refractivity contribution in [2.45, 2.75) is 13.8 Å². The van der Waals surface area contributed by atoms with Crippen LogP contribution in [0.1, 0.15) is 13.8 Å². The Bertz CT molecular complexity index is 29.6. The van der Waals surface area contributed by atoms with E-state index in [0.717, 1.165) is 0 Å². The van der Waals surface area contributed by atoms with Crippen LogP contribution in [-0.4, -0.2) is 30.6 Å². The maximum absolute atomic E-state index is 4.73. The molecule has 0 aliphatic rings. The summed E-state index contributed by atoms with van der Waals surface area (Å²) < 4.78 is 9.45. The molecule has 0 aromatic carbocycles. The van der Waals surface area contributed by atoms with Crippen molar-refractivity contribution in [2.24, 2.45) is 0 Å². The minimum Gasteiger partial charge on any atom is -0.348 e. The van der Waals surface area contributed by atoms with Crippen molar-refractivity contribution in [1.29, 1.82) is 0 Å². The van der Waals surface area contributed by atoms with Crippen LogP contribution in [0.25, 0.3) is 0 Å². The molecule has 0 amide bonds. The molecule has 0 bridgehead atoms. The summed E-state index contributed by atoms with van der Waals surface area (Å²) in [5.41, 5.74) is 0. The van der Waals surface area contributed by atoms with E-state index < -0.39 is 0 Å². The van der Waals surface area contributed by atoms with Crippen molar-refractivity contribution < 1.29 is 9.47 Å². The summed E-state index contributed by atoms with van der Waals surface area (Å²) in [6.07, 6.45) is 0. The molecule has 8 heavy (non-hydrogen) atoms. The van der Waals surface area contributed by atoms with Crippen molar-refractivity contribution in [3.8, 4) is 0 Å². The lowest BCUT2D eigenvalue weighted by molar-refractivity contribution is 0.0317. The lowest BCUT2D eigenvalue weighted by Crippen LogP contribution is -1.90. The molecule has 0 aliphatic heterocycles. The van der Waals surface area contributed by atoms with Gasteiger partial charge in [0.1, 0.15) is 0 Å². The van der Waals surface area contributed by atoms with Gasteiger partial charge in [-0.2, -0.15) is 0 Å². The third-order valence-corrected chi connectivity index (χ3v) is 0.469. The smallest absolute Gasteiger partial charge is 0.209 e. The van der Waals surface area contributed by atoms with E-state index in [2.05, 4.69) is 0 Å². The molecular weight excluding hydrogens is 119 g/mol. The van der Waals surface area contributed by atoms with Gasteiger partial charge >= 0.3 is 0 Å². The molecule has 2 nitrogen and oxygen atoms in total. The van der Waals surface area contributed by atoms with E-state index in [1.807, 2.05) is 13.8 Å². The SMILES string of the molecule is CCO[CH]OCC.[AlH3]. The summed E-state index contributed by atoms with van der Waals surface area (Å²) in [7, 11) is 0. The third-order valence-electron chi connectivity index (χ3n) is 0.469. The largest absolute Gasteiger partial charge is 0.348 e. The molecule has 0 aliphatic carbocycles. The van der Waals surface area contributed by atoms with Crippen LogP contribution in [-0.2, 0) is 9.47 Å². The van der Waals surface area contributed by atoms with E-state index >= 15 is 0 Å². The zero-order chi connectivity index (χ0) is 5.54. The minimum absolute atomic E-state index is 0. The Balaban J connectivity index is 0. The number of hydrogen-bond acceptors (Lipinski definition) is 2. The molecule has 0 aromatic rings. The number of hydrogen-bond donors (Lipinski definition) is 0. The second kappa shape index (κ2) is 10.4. The van der Waals surface area contributed by atoms with Crippen molar-refractivity contribution >= 4 is 17.4 Å². The Morgan fingerprint density at radius 3 is 1.75 bits per heavy atom. The average molecular weight is 133 g/mol. The van der Waals surface area contributed by atoms with Crippen LogP contribution in [0.2, 0.25) is 0 Å². The van der Waals surface area contributed by atoms with Crippen LogP contribution in [0.4, 0.5) is 0 Å². The summed E-state index contributed by atoms with van der Waals surface area (Å²) in [4.78, 5) is 0. The fourth-order valence-corrected chi connectivity index (χ4v) is 0.184. The van der Waals surface area contributed by atoms with Crippen molar-refractivity contribution in [3.63, 3.8) is 0 Å². The van der Waals surface area contributed by atoms with E-state index in [1.54, 1.807) is 0 Å². The van der Waals surface area contributed by atoms with E-state index in [1.165, 1.54) is 6.79 Å². The molecule has 0 rings (SSSR count). The normalized spacial score (nSPS) is 8.25. The zero-order valence-electron chi connectivity index (χ0n) is 4.81. The molecule has 0 aromatic heterocycles. The zero-order valence-corrected chi connectivity index (χ0v) is 4.81. The van der Waals surface area contributed by atoms with Gasteiger partial charge in [0.2, 0.25) is 6.79 Å². The Morgan fingerprint density at radius 1 is 1.12 bits per heavy atom. The van der Waals surface area contributed by atoms with E-state index in [4.69, 9.17) is 9.47 Å². The van der Waals surface area contributed by atoms with E-state index in [9.17, 15) is 0 Å². The highest BCUT2D eigenvalue weighted by Gasteiger charge is 1.78. The van der Waals surface area contributed by atoms with E-state index in [-0.39, 0.29) is 17.4 Å². The molecule has 0 fully saturated rings. The molecule has 49 valence electrons. The molecule has 3 heteroatoms. The third kappa shape index (κ3) is 9.68. The van der Waals surface area contributed by atoms with E-state index in [0.29, 0.717) is 13.2 Å². The minimum atomic E-state index is 0. The molecule has 0 saturated heterocycles. The molecule has 0 saturated carbocycles. The van der Waals surface area contributed by atoms with Gasteiger partial charge in [-0.1, -0.05) is 0 Å². The highest BCUT2D eigenvalue weighted by molar-refractivity contribution is 5.75. The van der Waals surface area contributed by atoms with Crippen LogP contribution >= 0.6 is 0 Å². The monoisotopic (exact) mass is 133 g/mol. The van der Waals surface area contributed by atoms with Gasteiger partial charge in [-0.25, -0.2) is 0 Å². The van der Waals surface area contributed by atoms with Gasteiger partial charge in [0.15, 0.2) is 17.4 Å². The second-order valence-corrected chi connectivity index (χ2v) is 1.01. The van der Waals surface area contributed by atoms with Crippen LogP contribution in [0.3, 0.4) is 0 Å². The topological polar surface area (TPSA) is 18.5 Å². The molecule has 0 unspecified atom stereocenters. The Morgan fingerprint density at radius 2 is 1.50 bits per heavy atom. The first-order valence-corrected chi connectivity index (χ1v) is 2.46. The van der Waals surface area contributed by atoms with Crippen molar-refractivity contribution in [3.05, 3.63) is 6.79 Å². The van der Waals surface area contributed by atoms with Crippen LogP contribution in [0.5, 0.6) is 0 Å². The fraction of sp³-hybridized carbons (Fsp3) is 0.800. The average Bonchev–Trinajstić information content (AvgIpc) is 1.69. The van der Waals surface area contributed by atoms with Gasteiger partial charge in [-0.15, -0.1) is 0 Å². The molecule has 0 atom stereocenters.